The number of alkyl halides is 3. The van der Waals surface area contributed by atoms with Gasteiger partial charge in [-0.2, -0.15) is 18.3 Å². The second-order valence-corrected chi connectivity index (χ2v) is 3.46. The lowest BCUT2D eigenvalue weighted by Gasteiger charge is -1.99. The van der Waals surface area contributed by atoms with Crippen LogP contribution in [0.4, 0.5) is 13.2 Å². The van der Waals surface area contributed by atoms with Crippen LogP contribution in [0.2, 0.25) is 0 Å². The van der Waals surface area contributed by atoms with Crippen LogP contribution in [-0.4, -0.2) is 14.8 Å². The Morgan fingerprint density at radius 2 is 1.89 bits per heavy atom. The molecule has 0 radical (unpaired) electrons. The van der Waals surface area contributed by atoms with Gasteiger partial charge >= 0.3 is 6.18 Å². The lowest BCUT2D eigenvalue weighted by atomic mass is 10.2. The van der Waals surface area contributed by atoms with Crippen LogP contribution in [0, 0.1) is 0 Å². The van der Waals surface area contributed by atoms with Crippen LogP contribution < -0.4 is 5.56 Å². The first kappa shape index (κ1) is 15.0. The van der Waals surface area contributed by atoms with Crippen molar-refractivity contribution in [2.45, 2.75) is 20.0 Å². The molecule has 0 atom stereocenters. The average molecular weight is 273 g/mol. The molecular formula is C12H14F3N3O. The second-order valence-electron chi connectivity index (χ2n) is 3.46. The molecule has 0 aromatic carbocycles. The highest BCUT2D eigenvalue weighted by molar-refractivity contribution is 5.54. The van der Waals surface area contributed by atoms with E-state index in [4.69, 9.17) is 0 Å². The lowest BCUT2D eigenvalue weighted by molar-refractivity contribution is -0.141. The molecule has 0 spiro atoms. The van der Waals surface area contributed by atoms with Crippen LogP contribution in [0.5, 0.6) is 0 Å². The maximum Gasteiger partial charge on any atom is 0.435 e. The van der Waals surface area contributed by atoms with Crippen LogP contribution in [-0.2, 0) is 13.2 Å². The molecule has 0 aliphatic heterocycles. The maximum atomic E-state index is 12.4. The van der Waals surface area contributed by atoms with Gasteiger partial charge in [-0.15, -0.1) is 0 Å². The van der Waals surface area contributed by atoms with Gasteiger partial charge in [0.2, 0.25) is 5.56 Å². The standard InChI is InChI=1S/C10H8F3N3O.C2H6/c1-16-7(5-8(15-16)10(11,12)13)6-3-2-4-9(17)14-6;1-2/h2-5H,1H3,(H,14,17);1-2H3. The molecule has 0 aliphatic rings. The van der Waals surface area contributed by atoms with Gasteiger partial charge in [-0.25, -0.2) is 0 Å². The van der Waals surface area contributed by atoms with Crippen molar-refractivity contribution < 1.29 is 13.2 Å². The van der Waals surface area contributed by atoms with Crippen molar-refractivity contribution in [2.24, 2.45) is 7.05 Å². The average Bonchev–Trinajstić information content (AvgIpc) is 2.74. The van der Waals surface area contributed by atoms with Crippen molar-refractivity contribution in [1.82, 2.24) is 14.8 Å². The minimum absolute atomic E-state index is 0.204. The fraction of sp³-hybridized carbons (Fsp3) is 0.333. The van der Waals surface area contributed by atoms with Crippen molar-refractivity contribution in [3.8, 4) is 11.4 Å². The van der Waals surface area contributed by atoms with E-state index in [1.807, 2.05) is 13.8 Å². The third-order valence-electron chi connectivity index (χ3n) is 2.21. The number of aryl methyl sites for hydroxylation is 1. The Morgan fingerprint density at radius 3 is 2.37 bits per heavy atom. The molecule has 2 aromatic heterocycles. The number of nitrogens with zero attached hydrogens (tertiary/aromatic N) is 2. The number of pyridine rings is 1. The molecule has 19 heavy (non-hydrogen) atoms. The smallest absolute Gasteiger partial charge is 0.321 e. The first-order valence-electron chi connectivity index (χ1n) is 5.69. The Labute approximate surface area is 107 Å². The highest BCUT2D eigenvalue weighted by Gasteiger charge is 2.34. The molecule has 104 valence electrons. The van der Waals surface area contributed by atoms with E-state index >= 15 is 0 Å². The summed E-state index contributed by atoms with van der Waals surface area (Å²) in [5, 5.41) is 3.36. The zero-order valence-corrected chi connectivity index (χ0v) is 10.7. The molecule has 2 rings (SSSR count). The van der Waals surface area contributed by atoms with E-state index in [0.717, 1.165) is 10.7 Å². The van der Waals surface area contributed by atoms with Gasteiger partial charge in [0, 0.05) is 13.1 Å². The van der Waals surface area contributed by atoms with Crippen LogP contribution in [0.25, 0.3) is 11.4 Å². The van der Waals surface area contributed by atoms with Crippen molar-refractivity contribution in [2.75, 3.05) is 0 Å². The van der Waals surface area contributed by atoms with Crippen molar-refractivity contribution >= 4 is 0 Å². The summed E-state index contributed by atoms with van der Waals surface area (Å²) in [5.74, 6) is 0. The van der Waals surface area contributed by atoms with Gasteiger partial charge in [-0.3, -0.25) is 9.48 Å². The molecule has 0 fully saturated rings. The number of hydrogen-bond acceptors (Lipinski definition) is 2. The monoisotopic (exact) mass is 273 g/mol. The van der Waals surface area contributed by atoms with E-state index in [1.54, 1.807) is 0 Å². The summed E-state index contributed by atoms with van der Waals surface area (Å²) in [6, 6.07) is 5.16. The molecule has 7 heteroatoms. The predicted octanol–water partition coefficient (Wildman–Crippen LogP) is 2.82. The fourth-order valence-corrected chi connectivity index (χ4v) is 1.46. The predicted molar refractivity (Wildman–Crippen MR) is 65.6 cm³/mol. The SMILES string of the molecule is CC.Cn1nc(C(F)(F)F)cc1-c1cccc(=O)[nH]1. The van der Waals surface area contributed by atoms with Gasteiger partial charge in [-0.05, 0) is 12.1 Å². The minimum atomic E-state index is -4.49. The first-order chi connectivity index (χ1) is 8.88. The molecule has 2 heterocycles. The summed E-state index contributed by atoms with van der Waals surface area (Å²) in [5.41, 5.74) is -0.866. The Kier molecular flexibility index (Phi) is 4.52. The summed E-state index contributed by atoms with van der Waals surface area (Å²) < 4.78 is 38.4. The van der Waals surface area contributed by atoms with Gasteiger partial charge in [0.15, 0.2) is 5.69 Å². The van der Waals surface area contributed by atoms with Gasteiger partial charge in [0.05, 0.1) is 11.4 Å². The molecule has 4 nitrogen and oxygen atoms in total. The van der Waals surface area contributed by atoms with Gasteiger partial charge < -0.3 is 4.98 Å². The summed E-state index contributed by atoms with van der Waals surface area (Å²) in [7, 11) is 1.38. The largest absolute Gasteiger partial charge is 0.435 e. The highest BCUT2D eigenvalue weighted by Crippen LogP contribution is 2.30. The summed E-state index contributed by atoms with van der Waals surface area (Å²) in [4.78, 5) is 13.5. The van der Waals surface area contributed by atoms with Crippen LogP contribution in [0.3, 0.4) is 0 Å². The third kappa shape index (κ3) is 3.46. The Hall–Kier alpha value is -2.05. The highest BCUT2D eigenvalue weighted by atomic mass is 19.4. The minimum Gasteiger partial charge on any atom is -0.321 e. The van der Waals surface area contributed by atoms with E-state index in [0.29, 0.717) is 5.69 Å². The Morgan fingerprint density at radius 1 is 1.26 bits per heavy atom. The molecule has 1 N–H and O–H groups in total. The zero-order chi connectivity index (χ0) is 14.6. The quantitative estimate of drug-likeness (QED) is 0.868. The molecule has 0 saturated heterocycles. The normalized spacial score (nSPS) is 10.8. The number of rotatable bonds is 1. The van der Waals surface area contributed by atoms with Crippen molar-refractivity contribution in [1.29, 1.82) is 0 Å². The topological polar surface area (TPSA) is 50.7 Å². The van der Waals surface area contributed by atoms with Crippen LogP contribution >= 0.6 is 0 Å². The van der Waals surface area contributed by atoms with E-state index in [2.05, 4.69) is 10.1 Å². The van der Waals surface area contributed by atoms with Crippen molar-refractivity contribution in [3.05, 3.63) is 40.3 Å². The number of H-pyrrole nitrogens is 1. The Bertz CT molecular complexity index is 599. The molecule has 2 aromatic rings. The van der Waals surface area contributed by atoms with E-state index in [9.17, 15) is 18.0 Å². The van der Waals surface area contributed by atoms with Crippen molar-refractivity contribution in [3.63, 3.8) is 0 Å². The van der Waals surface area contributed by atoms with E-state index in [1.165, 1.54) is 25.2 Å². The molecule has 0 saturated carbocycles. The molecule has 0 unspecified atom stereocenters. The summed E-state index contributed by atoms with van der Waals surface area (Å²) in [6.07, 6.45) is -4.49. The van der Waals surface area contributed by atoms with E-state index in [-0.39, 0.29) is 11.3 Å². The number of aromatic amines is 1. The van der Waals surface area contributed by atoms with Crippen LogP contribution in [0.15, 0.2) is 29.1 Å². The second kappa shape index (κ2) is 5.73. The summed E-state index contributed by atoms with van der Waals surface area (Å²) in [6.45, 7) is 4.00. The van der Waals surface area contributed by atoms with Crippen LogP contribution in [0.1, 0.15) is 19.5 Å². The van der Waals surface area contributed by atoms with Gasteiger partial charge in [0.1, 0.15) is 0 Å². The zero-order valence-electron chi connectivity index (χ0n) is 10.7. The number of hydrogen-bond donors (Lipinski definition) is 1. The maximum absolute atomic E-state index is 12.4. The fourth-order valence-electron chi connectivity index (χ4n) is 1.46. The van der Waals surface area contributed by atoms with Gasteiger partial charge in [0.25, 0.3) is 0 Å². The molecule has 0 bridgehead atoms. The molecular weight excluding hydrogens is 259 g/mol. The van der Waals surface area contributed by atoms with E-state index < -0.39 is 11.9 Å². The first-order valence-corrected chi connectivity index (χ1v) is 5.69. The lowest BCUT2D eigenvalue weighted by Crippen LogP contribution is -2.06. The number of nitrogens with one attached hydrogen (secondary N) is 1. The summed E-state index contributed by atoms with van der Waals surface area (Å²) >= 11 is 0. The third-order valence-corrected chi connectivity index (χ3v) is 2.21. The Balaban J connectivity index is 0.000000861. The van der Waals surface area contributed by atoms with Gasteiger partial charge in [-0.1, -0.05) is 19.9 Å². The number of aromatic nitrogens is 3. The molecule has 0 amide bonds. The molecule has 0 aliphatic carbocycles. The number of halogens is 3.